The van der Waals surface area contributed by atoms with Gasteiger partial charge in [0.25, 0.3) is 0 Å². The van der Waals surface area contributed by atoms with E-state index < -0.39 is 0 Å². The summed E-state index contributed by atoms with van der Waals surface area (Å²) in [6.07, 6.45) is 0. The SMILES string of the molecule is CCn1c(C)nnc1-c1cccc(CN)c1. The van der Waals surface area contributed by atoms with E-state index in [1.54, 1.807) is 0 Å². The Hall–Kier alpha value is -1.68. The Morgan fingerprint density at radius 1 is 1.31 bits per heavy atom. The van der Waals surface area contributed by atoms with Crippen LogP contribution in [0.2, 0.25) is 0 Å². The molecule has 0 radical (unpaired) electrons. The summed E-state index contributed by atoms with van der Waals surface area (Å²) >= 11 is 0. The lowest BCUT2D eigenvalue weighted by atomic mass is 10.1. The van der Waals surface area contributed by atoms with Gasteiger partial charge in [-0.25, -0.2) is 0 Å². The molecule has 1 aromatic carbocycles. The van der Waals surface area contributed by atoms with Gasteiger partial charge < -0.3 is 10.3 Å². The van der Waals surface area contributed by atoms with Crippen molar-refractivity contribution in [2.45, 2.75) is 26.9 Å². The lowest BCUT2D eigenvalue weighted by Gasteiger charge is -2.06. The molecule has 0 aliphatic rings. The largest absolute Gasteiger partial charge is 0.326 e. The average molecular weight is 216 g/mol. The molecule has 4 heteroatoms. The molecule has 84 valence electrons. The molecule has 0 atom stereocenters. The minimum Gasteiger partial charge on any atom is -0.326 e. The van der Waals surface area contributed by atoms with E-state index >= 15 is 0 Å². The van der Waals surface area contributed by atoms with Gasteiger partial charge in [0.15, 0.2) is 5.82 Å². The van der Waals surface area contributed by atoms with Gasteiger partial charge >= 0.3 is 0 Å². The molecule has 2 N–H and O–H groups in total. The van der Waals surface area contributed by atoms with E-state index in [2.05, 4.69) is 27.8 Å². The van der Waals surface area contributed by atoms with Crippen molar-refractivity contribution >= 4 is 0 Å². The molecule has 0 spiro atoms. The first-order valence-corrected chi connectivity index (χ1v) is 5.45. The Balaban J connectivity index is 2.49. The van der Waals surface area contributed by atoms with Crippen molar-refractivity contribution in [2.24, 2.45) is 5.73 Å². The van der Waals surface area contributed by atoms with Gasteiger partial charge in [0, 0.05) is 18.7 Å². The van der Waals surface area contributed by atoms with Crippen LogP contribution in [0.3, 0.4) is 0 Å². The quantitative estimate of drug-likeness (QED) is 0.850. The Morgan fingerprint density at radius 3 is 2.81 bits per heavy atom. The van der Waals surface area contributed by atoms with Gasteiger partial charge in [-0.3, -0.25) is 0 Å². The molecule has 0 saturated heterocycles. The number of hydrogen-bond acceptors (Lipinski definition) is 3. The highest BCUT2D eigenvalue weighted by molar-refractivity contribution is 5.56. The predicted octanol–water partition coefficient (Wildman–Crippen LogP) is 1.73. The van der Waals surface area contributed by atoms with E-state index in [1.165, 1.54) is 0 Å². The minimum atomic E-state index is 0.549. The number of benzene rings is 1. The molecule has 1 heterocycles. The van der Waals surface area contributed by atoms with Crippen LogP contribution in [0.5, 0.6) is 0 Å². The number of aryl methyl sites for hydroxylation is 1. The first-order chi connectivity index (χ1) is 7.76. The molecule has 0 saturated carbocycles. The van der Waals surface area contributed by atoms with Gasteiger partial charge in [0.1, 0.15) is 5.82 Å². The second-order valence-electron chi connectivity index (χ2n) is 3.72. The topological polar surface area (TPSA) is 56.7 Å². The monoisotopic (exact) mass is 216 g/mol. The molecule has 2 aromatic rings. The summed E-state index contributed by atoms with van der Waals surface area (Å²) < 4.78 is 2.09. The van der Waals surface area contributed by atoms with Crippen LogP contribution in [0.15, 0.2) is 24.3 Å². The zero-order valence-corrected chi connectivity index (χ0v) is 9.64. The van der Waals surface area contributed by atoms with Crippen molar-refractivity contribution in [3.8, 4) is 11.4 Å². The van der Waals surface area contributed by atoms with E-state index in [1.807, 2.05) is 25.1 Å². The molecule has 0 bridgehead atoms. The summed E-state index contributed by atoms with van der Waals surface area (Å²) in [5.41, 5.74) is 7.82. The molecule has 0 aliphatic carbocycles. The molecule has 1 aromatic heterocycles. The molecule has 4 nitrogen and oxygen atoms in total. The van der Waals surface area contributed by atoms with Gasteiger partial charge in [0.05, 0.1) is 0 Å². The fraction of sp³-hybridized carbons (Fsp3) is 0.333. The molecular weight excluding hydrogens is 200 g/mol. The lowest BCUT2D eigenvalue weighted by molar-refractivity contribution is 0.736. The first kappa shape index (κ1) is 10.8. The number of aromatic nitrogens is 3. The van der Waals surface area contributed by atoms with E-state index in [4.69, 9.17) is 5.73 Å². The summed E-state index contributed by atoms with van der Waals surface area (Å²) in [7, 11) is 0. The highest BCUT2D eigenvalue weighted by atomic mass is 15.3. The van der Waals surface area contributed by atoms with Gasteiger partial charge in [-0.05, 0) is 25.5 Å². The Morgan fingerprint density at radius 2 is 2.12 bits per heavy atom. The molecule has 16 heavy (non-hydrogen) atoms. The number of rotatable bonds is 3. The predicted molar refractivity (Wildman–Crippen MR) is 63.8 cm³/mol. The number of nitrogens with two attached hydrogens (primary N) is 1. The summed E-state index contributed by atoms with van der Waals surface area (Å²) in [4.78, 5) is 0. The standard InChI is InChI=1S/C12H16N4/c1-3-16-9(2)14-15-12(16)11-6-4-5-10(7-11)8-13/h4-7H,3,8,13H2,1-2H3. The Kier molecular flexibility index (Phi) is 3.01. The normalized spacial score (nSPS) is 10.7. The molecule has 0 fully saturated rings. The first-order valence-electron chi connectivity index (χ1n) is 5.45. The summed E-state index contributed by atoms with van der Waals surface area (Å²) in [5, 5.41) is 8.31. The van der Waals surface area contributed by atoms with Crippen LogP contribution < -0.4 is 5.73 Å². The van der Waals surface area contributed by atoms with Crippen LogP contribution in [0.4, 0.5) is 0 Å². The lowest BCUT2D eigenvalue weighted by Crippen LogP contribution is -2.01. The number of nitrogens with zero attached hydrogens (tertiary/aromatic N) is 3. The zero-order chi connectivity index (χ0) is 11.5. The van der Waals surface area contributed by atoms with E-state index in [9.17, 15) is 0 Å². The van der Waals surface area contributed by atoms with Gasteiger partial charge in [-0.1, -0.05) is 18.2 Å². The highest BCUT2D eigenvalue weighted by Crippen LogP contribution is 2.19. The average Bonchev–Trinajstić information content (AvgIpc) is 2.70. The van der Waals surface area contributed by atoms with Gasteiger partial charge in [-0.15, -0.1) is 10.2 Å². The fourth-order valence-corrected chi connectivity index (χ4v) is 1.81. The van der Waals surface area contributed by atoms with Crippen LogP contribution in [0.25, 0.3) is 11.4 Å². The van der Waals surface area contributed by atoms with Crippen molar-refractivity contribution in [3.63, 3.8) is 0 Å². The van der Waals surface area contributed by atoms with Crippen LogP contribution in [0.1, 0.15) is 18.3 Å². The van der Waals surface area contributed by atoms with Crippen molar-refractivity contribution in [3.05, 3.63) is 35.7 Å². The van der Waals surface area contributed by atoms with Crippen LogP contribution >= 0.6 is 0 Å². The Bertz CT molecular complexity index is 488. The third-order valence-corrected chi connectivity index (χ3v) is 2.67. The highest BCUT2D eigenvalue weighted by Gasteiger charge is 2.09. The van der Waals surface area contributed by atoms with E-state index in [0.717, 1.165) is 29.3 Å². The van der Waals surface area contributed by atoms with Crippen LogP contribution in [0, 0.1) is 6.92 Å². The summed E-state index contributed by atoms with van der Waals surface area (Å²) in [6, 6.07) is 8.12. The summed E-state index contributed by atoms with van der Waals surface area (Å²) in [6.45, 7) is 5.48. The number of hydrogen-bond donors (Lipinski definition) is 1. The van der Waals surface area contributed by atoms with Crippen molar-refractivity contribution < 1.29 is 0 Å². The van der Waals surface area contributed by atoms with Gasteiger partial charge in [-0.2, -0.15) is 0 Å². The maximum absolute atomic E-state index is 5.63. The van der Waals surface area contributed by atoms with E-state index in [0.29, 0.717) is 6.54 Å². The van der Waals surface area contributed by atoms with E-state index in [-0.39, 0.29) is 0 Å². The fourth-order valence-electron chi connectivity index (χ4n) is 1.81. The molecule has 0 unspecified atom stereocenters. The third kappa shape index (κ3) is 1.84. The molecule has 0 aliphatic heterocycles. The summed E-state index contributed by atoms with van der Waals surface area (Å²) in [5.74, 6) is 1.85. The van der Waals surface area contributed by atoms with Gasteiger partial charge in [0.2, 0.25) is 0 Å². The van der Waals surface area contributed by atoms with Crippen molar-refractivity contribution in [1.82, 2.24) is 14.8 Å². The van der Waals surface area contributed by atoms with Crippen LogP contribution in [-0.4, -0.2) is 14.8 Å². The third-order valence-electron chi connectivity index (χ3n) is 2.67. The zero-order valence-electron chi connectivity index (χ0n) is 9.64. The van der Waals surface area contributed by atoms with Crippen molar-refractivity contribution in [1.29, 1.82) is 0 Å². The van der Waals surface area contributed by atoms with Crippen molar-refractivity contribution in [2.75, 3.05) is 0 Å². The second kappa shape index (κ2) is 4.45. The maximum atomic E-state index is 5.63. The molecule has 2 rings (SSSR count). The molecular formula is C12H16N4. The smallest absolute Gasteiger partial charge is 0.163 e. The molecule has 0 amide bonds. The van der Waals surface area contributed by atoms with Crippen LogP contribution in [-0.2, 0) is 13.1 Å². The minimum absolute atomic E-state index is 0.549. The Labute approximate surface area is 95.1 Å². The second-order valence-corrected chi connectivity index (χ2v) is 3.72. The maximum Gasteiger partial charge on any atom is 0.163 e.